The Bertz CT molecular complexity index is 1410. The molecule has 488 valence electrons. The van der Waals surface area contributed by atoms with Crippen molar-refractivity contribution in [3.8, 4) is 0 Å². The van der Waals surface area contributed by atoms with E-state index in [2.05, 4.69) is 32.2 Å². The summed E-state index contributed by atoms with van der Waals surface area (Å²) in [6.45, 7) is 7.10. The number of amides is 1. The number of phosphoric ester groups is 1. The quantitative estimate of drug-likeness (QED) is 0.0205. The van der Waals surface area contributed by atoms with Gasteiger partial charge < -0.3 is 19.4 Å². The Kier molecular flexibility index (Phi) is 61.8. The molecular formula is C72H144N2O7P+. The largest absolute Gasteiger partial charge is 0.472 e. The molecule has 0 heterocycles. The third-order valence-corrected chi connectivity index (χ3v) is 18.0. The van der Waals surface area contributed by atoms with Gasteiger partial charge in [0.1, 0.15) is 19.3 Å². The normalized spacial score (nSPS) is 13.5. The number of allylic oxidation sites excluding steroid dienone is 1. The lowest BCUT2D eigenvalue weighted by atomic mass is 10.0. The average molecular weight is 1180 g/mol. The van der Waals surface area contributed by atoms with E-state index >= 15 is 0 Å². The first kappa shape index (κ1) is 80.8. The third-order valence-electron chi connectivity index (χ3n) is 17.0. The Hall–Kier alpha value is -1.25. The smallest absolute Gasteiger partial charge is 0.456 e. The molecule has 9 nitrogen and oxygen atoms in total. The first-order valence-corrected chi connectivity index (χ1v) is 38.0. The molecule has 0 aliphatic rings. The maximum absolute atomic E-state index is 13.6. The summed E-state index contributed by atoms with van der Waals surface area (Å²) in [6.07, 6.45) is 75.1. The number of phosphoric acid groups is 1. The van der Waals surface area contributed by atoms with Gasteiger partial charge in [0.2, 0.25) is 5.91 Å². The zero-order valence-electron chi connectivity index (χ0n) is 56.0. The molecule has 0 aromatic carbocycles. The number of esters is 1. The highest BCUT2D eigenvalue weighted by Crippen LogP contribution is 2.43. The Balaban J connectivity index is 5.00. The standard InChI is InChI=1S/C72H143N2O7P/c1-7-10-13-16-19-22-25-28-30-32-34-36-37-39-41-43-45-47-50-53-56-59-62-65-72(76)81-70(63-60-57-54-51-48-27-24-21-18-15-12-9-3)69(68-80-82(77,78)79-67-66-74(4,5)6)73-71(75)64-61-58-55-52-49-46-44-42-40-38-35-33-31-29-26-23-20-17-14-11-8-2/h60,63,69-70H,7-59,61-62,64-68H2,1-6H3,(H-,73,75,77,78)/p+1/b63-60+. The first-order chi connectivity index (χ1) is 39.9. The first-order valence-electron chi connectivity index (χ1n) is 36.5. The molecule has 0 saturated heterocycles. The molecule has 0 aliphatic carbocycles. The van der Waals surface area contributed by atoms with E-state index in [1.54, 1.807) is 0 Å². The molecule has 0 radical (unpaired) electrons. The molecule has 0 aromatic rings. The molecule has 10 heteroatoms. The van der Waals surface area contributed by atoms with Crippen LogP contribution < -0.4 is 5.32 Å². The van der Waals surface area contributed by atoms with Crippen LogP contribution in [0.4, 0.5) is 0 Å². The molecule has 0 aromatic heterocycles. The Labute approximate surface area is 511 Å². The van der Waals surface area contributed by atoms with E-state index in [0.717, 1.165) is 57.8 Å². The van der Waals surface area contributed by atoms with Crippen molar-refractivity contribution in [2.75, 3.05) is 40.9 Å². The van der Waals surface area contributed by atoms with Crippen molar-refractivity contribution in [1.29, 1.82) is 0 Å². The second-order valence-corrected chi connectivity index (χ2v) is 27.9. The Morgan fingerprint density at radius 3 is 1.00 bits per heavy atom. The second kappa shape index (κ2) is 62.8. The van der Waals surface area contributed by atoms with Crippen molar-refractivity contribution >= 4 is 19.7 Å². The fraction of sp³-hybridized carbons (Fsp3) is 0.944. The molecule has 3 atom stereocenters. The summed E-state index contributed by atoms with van der Waals surface area (Å²) in [5.74, 6) is -0.476. The lowest BCUT2D eigenvalue weighted by Crippen LogP contribution is -2.47. The molecule has 0 rings (SSSR count). The summed E-state index contributed by atoms with van der Waals surface area (Å²) in [4.78, 5) is 37.9. The molecule has 0 spiro atoms. The SMILES string of the molecule is CCCCCCCCCCCC/C=C/C(OC(=O)CCCCCCCCCCCCCCCCCCCCCCCCC)C(COP(=O)(O)OCC[N+](C)(C)C)NC(=O)CCCCCCCCCCCCCCCCCCCCCCC. The molecule has 2 N–H and O–H groups in total. The van der Waals surface area contributed by atoms with Crippen LogP contribution in [0.3, 0.4) is 0 Å². The van der Waals surface area contributed by atoms with Gasteiger partial charge in [0.15, 0.2) is 0 Å². The van der Waals surface area contributed by atoms with Crippen molar-refractivity contribution in [1.82, 2.24) is 5.32 Å². The highest BCUT2D eigenvalue weighted by molar-refractivity contribution is 7.47. The summed E-state index contributed by atoms with van der Waals surface area (Å²) < 4.78 is 30.9. The van der Waals surface area contributed by atoms with Crippen LogP contribution in [-0.4, -0.2) is 74.3 Å². The molecule has 0 saturated carbocycles. The van der Waals surface area contributed by atoms with Gasteiger partial charge in [0, 0.05) is 12.8 Å². The number of hydrogen-bond acceptors (Lipinski definition) is 6. The number of rotatable bonds is 68. The minimum Gasteiger partial charge on any atom is -0.456 e. The van der Waals surface area contributed by atoms with E-state index in [1.165, 1.54) is 295 Å². The van der Waals surface area contributed by atoms with Crippen molar-refractivity contribution in [3.63, 3.8) is 0 Å². The van der Waals surface area contributed by atoms with Crippen molar-refractivity contribution in [2.45, 2.75) is 399 Å². The van der Waals surface area contributed by atoms with Gasteiger partial charge in [-0.05, 0) is 31.8 Å². The van der Waals surface area contributed by atoms with Gasteiger partial charge in [-0.3, -0.25) is 18.6 Å². The maximum Gasteiger partial charge on any atom is 0.472 e. The van der Waals surface area contributed by atoms with Crippen LogP contribution in [0.25, 0.3) is 0 Å². The van der Waals surface area contributed by atoms with Crippen LogP contribution in [0.5, 0.6) is 0 Å². The van der Waals surface area contributed by atoms with E-state index in [4.69, 9.17) is 13.8 Å². The molecule has 82 heavy (non-hydrogen) atoms. The van der Waals surface area contributed by atoms with Crippen LogP contribution in [0.2, 0.25) is 0 Å². The number of quaternary nitrogens is 1. The summed E-state index contributed by atoms with van der Waals surface area (Å²) in [7, 11) is 1.52. The number of ether oxygens (including phenoxy) is 1. The number of hydrogen-bond donors (Lipinski definition) is 2. The molecule has 0 fully saturated rings. The number of unbranched alkanes of at least 4 members (excludes halogenated alkanes) is 52. The molecule has 3 unspecified atom stereocenters. The Morgan fingerprint density at radius 2 is 0.695 bits per heavy atom. The van der Waals surface area contributed by atoms with Crippen molar-refractivity contribution in [2.24, 2.45) is 0 Å². The van der Waals surface area contributed by atoms with Crippen LogP contribution in [0.15, 0.2) is 12.2 Å². The zero-order valence-corrected chi connectivity index (χ0v) is 56.9. The Morgan fingerprint density at radius 1 is 0.415 bits per heavy atom. The number of nitrogens with one attached hydrogen (secondary N) is 1. The zero-order chi connectivity index (χ0) is 60.0. The second-order valence-electron chi connectivity index (χ2n) is 26.5. The van der Waals surface area contributed by atoms with Gasteiger partial charge in [-0.1, -0.05) is 354 Å². The van der Waals surface area contributed by atoms with Gasteiger partial charge in [-0.25, -0.2) is 4.57 Å². The van der Waals surface area contributed by atoms with E-state index in [1.807, 2.05) is 27.2 Å². The van der Waals surface area contributed by atoms with Crippen LogP contribution in [0.1, 0.15) is 387 Å². The number of nitrogens with zero attached hydrogens (tertiary/aromatic N) is 1. The summed E-state index contributed by atoms with van der Waals surface area (Å²) in [5.41, 5.74) is 0. The van der Waals surface area contributed by atoms with Crippen molar-refractivity contribution < 1.29 is 37.3 Å². The highest BCUT2D eigenvalue weighted by Gasteiger charge is 2.30. The highest BCUT2D eigenvalue weighted by atomic mass is 31.2. The topological polar surface area (TPSA) is 111 Å². The maximum atomic E-state index is 13.6. The van der Waals surface area contributed by atoms with E-state index in [9.17, 15) is 19.0 Å². The molecular weight excluding hydrogens is 1040 g/mol. The monoisotopic (exact) mass is 1180 g/mol. The van der Waals surface area contributed by atoms with Crippen molar-refractivity contribution in [3.05, 3.63) is 12.2 Å². The number of likely N-dealkylation sites (N-methyl/N-ethyl adjacent to an activating group) is 1. The fourth-order valence-electron chi connectivity index (χ4n) is 11.4. The minimum absolute atomic E-state index is 0.0461. The van der Waals surface area contributed by atoms with Gasteiger partial charge in [0.25, 0.3) is 0 Å². The number of carbonyl (C=O) groups excluding carboxylic acids is 2. The van der Waals surface area contributed by atoms with E-state index < -0.39 is 20.0 Å². The predicted octanol–water partition coefficient (Wildman–Crippen LogP) is 23.1. The van der Waals surface area contributed by atoms with Gasteiger partial charge in [-0.15, -0.1) is 0 Å². The van der Waals surface area contributed by atoms with Gasteiger partial charge >= 0.3 is 13.8 Å². The lowest BCUT2D eigenvalue weighted by Gasteiger charge is -2.27. The third kappa shape index (κ3) is 63.3. The molecule has 0 bridgehead atoms. The van der Waals surface area contributed by atoms with E-state index in [0.29, 0.717) is 23.9 Å². The van der Waals surface area contributed by atoms with Crippen LogP contribution in [-0.2, 0) is 27.9 Å². The van der Waals surface area contributed by atoms with Crippen LogP contribution >= 0.6 is 7.82 Å². The summed E-state index contributed by atoms with van der Waals surface area (Å²) >= 11 is 0. The summed E-state index contributed by atoms with van der Waals surface area (Å²) in [5, 5.41) is 3.08. The van der Waals surface area contributed by atoms with Gasteiger partial charge in [0.05, 0.1) is 33.8 Å². The average Bonchev–Trinajstić information content (AvgIpc) is 3.47. The van der Waals surface area contributed by atoms with Crippen LogP contribution in [0, 0.1) is 0 Å². The minimum atomic E-state index is -4.45. The van der Waals surface area contributed by atoms with Gasteiger partial charge in [-0.2, -0.15) is 0 Å². The fourth-order valence-corrected chi connectivity index (χ4v) is 12.1. The molecule has 0 aliphatic heterocycles. The predicted molar refractivity (Wildman–Crippen MR) is 356 cm³/mol. The van der Waals surface area contributed by atoms with E-state index in [-0.39, 0.29) is 25.1 Å². The molecule has 1 amide bonds. The summed E-state index contributed by atoms with van der Waals surface area (Å²) in [6, 6.07) is -0.841. The lowest BCUT2D eigenvalue weighted by molar-refractivity contribution is -0.870. The number of carbonyl (C=O) groups is 2.